The van der Waals surface area contributed by atoms with Crippen molar-refractivity contribution < 1.29 is 25.6 Å². The molecule has 2 aromatic carbocycles. The van der Waals surface area contributed by atoms with Crippen LogP contribution in [0.2, 0.25) is 0 Å². The summed E-state index contributed by atoms with van der Waals surface area (Å²) in [4.78, 5) is 18.9. The van der Waals surface area contributed by atoms with E-state index in [1.165, 1.54) is 35.7 Å². The molecule has 0 unspecified atom stereocenters. The number of hydrogen-bond acceptors (Lipinski definition) is 6. The highest BCUT2D eigenvalue weighted by molar-refractivity contribution is 7.93. The van der Waals surface area contributed by atoms with Gasteiger partial charge in [0.25, 0.3) is 10.0 Å². The zero-order valence-electron chi connectivity index (χ0n) is 19.5. The Labute approximate surface area is 215 Å². The van der Waals surface area contributed by atoms with Gasteiger partial charge in [0.1, 0.15) is 11.9 Å². The number of rotatable bonds is 6. The van der Waals surface area contributed by atoms with Gasteiger partial charge in [-0.15, -0.1) is 11.3 Å². The van der Waals surface area contributed by atoms with E-state index in [9.17, 15) is 22.7 Å². The lowest BCUT2D eigenvalue weighted by Gasteiger charge is -2.39. The number of sulfonamides is 1. The number of halogens is 1. The summed E-state index contributed by atoms with van der Waals surface area (Å²) in [7, 11) is -3.78. The number of hydrogen-bond donors (Lipinski definition) is 2. The van der Waals surface area contributed by atoms with Crippen molar-refractivity contribution >= 4 is 43.3 Å². The molecule has 1 fully saturated rings. The fraction of sp³-hybridized carbons (Fsp3) is 0.280. The van der Waals surface area contributed by atoms with E-state index in [0.717, 1.165) is 0 Å². The fourth-order valence-corrected chi connectivity index (χ4v) is 6.44. The Morgan fingerprint density at radius 1 is 1.19 bits per heavy atom. The minimum absolute atomic E-state index is 0. The van der Waals surface area contributed by atoms with Gasteiger partial charge in [0.15, 0.2) is 5.13 Å². The first-order chi connectivity index (χ1) is 17.2. The van der Waals surface area contributed by atoms with E-state index in [1.807, 2.05) is 0 Å². The van der Waals surface area contributed by atoms with Gasteiger partial charge in [-0.3, -0.25) is 9.52 Å². The zero-order chi connectivity index (χ0) is 25.5. The second kappa shape index (κ2) is 9.30. The SMILES string of the molecule is C[C@@H](C(=O)N1CCC(O)(c2ccc(S(=O)(=O)Nc3nccs3)cc2)CC1)n1ccc2c(F)cccc21.[HH].[HH]. The molecule has 0 aliphatic carbocycles. The topological polar surface area (TPSA) is 105 Å². The standard InChI is InChI=1S/C25H25FN4O4S2.2H2/c1-17(30-13-9-20-21(26)3-2-4-22(20)30)23(31)29-14-10-25(32,11-15-29)18-5-7-19(8-6-18)36(33,34)28-24-27-12-16-35-24;;/h2-9,12-13,16-17,32H,10-11,14-15H2,1H3,(H,27,28);2*1H/t17-;;/m0../s1. The molecule has 4 aromatic rings. The number of benzene rings is 2. The summed E-state index contributed by atoms with van der Waals surface area (Å²) in [6, 6.07) is 12.1. The number of thiazole rings is 1. The lowest BCUT2D eigenvalue weighted by molar-refractivity contribution is -0.138. The zero-order valence-corrected chi connectivity index (χ0v) is 21.1. The number of likely N-dealkylation sites (tertiary alicyclic amines) is 1. The summed E-state index contributed by atoms with van der Waals surface area (Å²) in [5, 5.41) is 13.7. The van der Waals surface area contributed by atoms with E-state index in [0.29, 0.717) is 42.4 Å². The maximum atomic E-state index is 14.1. The van der Waals surface area contributed by atoms with Crippen LogP contribution in [-0.2, 0) is 20.4 Å². The van der Waals surface area contributed by atoms with Crippen molar-refractivity contribution in [1.29, 1.82) is 0 Å². The van der Waals surface area contributed by atoms with E-state index in [1.54, 1.807) is 58.3 Å². The number of fused-ring (bicyclic) bond motifs is 1. The molecule has 1 aliphatic heterocycles. The molecule has 8 nitrogen and oxygen atoms in total. The van der Waals surface area contributed by atoms with Gasteiger partial charge in [0.05, 0.1) is 16.0 Å². The summed E-state index contributed by atoms with van der Waals surface area (Å²) < 4.78 is 43.4. The minimum atomic E-state index is -3.78. The summed E-state index contributed by atoms with van der Waals surface area (Å²) in [6.45, 7) is 2.48. The van der Waals surface area contributed by atoms with Crippen LogP contribution in [0.3, 0.4) is 0 Å². The smallest absolute Gasteiger partial charge is 0.263 e. The second-order valence-corrected chi connectivity index (χ2v) is 11.5. The van der Waals surface area contributed by atoms with Gasteiger partial charge in [-0.1, -0.05) is 18.2 Å². The number of anilines is 1. The van der Waals surface area contributed by atoms with Crippen LogP contribution in [-0.4, -0.2) is 47.0 Å². The van der Waals surface area contributed by atoms with E-state index in [-0.39, 0.29) is 24.6 Å². The molecule has 1 amide bonds. The molecule has 11 heteroatoms. The van der Waals surface area contributed by atoms with Crippen molar-refractivity contribution in [3.8, 4) is 0 Å². The first-order valence-corrected chi connectivity index (χ1v) is 13.8. The molecule has 1 saturated heterocycles. The first kappa shape index (κ1) is 24.4. The third kappa shape index (κ3) is 4.49. The fourth-order valence-electron chi connectivity index (χ4n) is 4.65. The van der Waals surface area contributed by atoms with Gasteiger partial charge in [-0.05, 0) is 55.7 Å². The molecule has 2 aromatic heterocycles. The van der Waals surface area contributed by atoms with E-state index in [4.69, 9.17) is 0 Å². The van der Waals surface area contributed by atoms with Crippen LogP contribution in [0.5, 0.6) is 0 Å². The third-order valence-electron chi connectivity index (χ3n) is 6.74. The van der Waals surface area contributed by atoms with E-state index < -0.39 is 21.7 Å². The van der Waals surface area contributed by atoms with Crippen LogP contribution in [0.15, 0.2) is 71.2 Å². The van der Waals surface area contributed by atoms with Crippen molar-refractivity contribution in [2.24, 2.45) is 0 Å². The van der Waals surface area contributed by atoms with Crippen LogP contribution in [0, 0.1) is 5.82 Å². The second-order valence-electron chi connectivity index (χ2n) is 8.90. The molecular formula is C25H29FN4O4S2. The minimum Gasteiger partial charge on any atom is -0.385 e. The molecule has 0 spiro atoms. The van der Waals surface area contributed by atoms with Crippen LogP contribution in [0.4, 0.5) is 9.52 Å². The molecule has 0 saturated carbocycles. The Balaban J connectivity index is 0.00000200. The third-order valence-corrected chi connectivity index (χ3v) is 8.92. The van der Waals surface area contributed by atoms with Crippen molar-refractivity contribution in [1.82, 2.24) is 14.5 Å². The van der Waals surface area contributed by atoms with Crippen LogP contribution in [0.1, 0.15) is 34.2 Å². The summed E-state index contributed by atoms with van der Waals surface area (Å²) in [5.41, 5.74) is 0.0837. The molecule has 192 valence electrons. The number of piperidine rings is 1. The number of carbonyl (C=O) groups is 1. The maximum Gasteiger partial charge on any atom is 0.263 e. The highest BCUT2D eigenvalue weighted by Crippen LogP contribution is 2.34. The summed E-state index contributed by atoms with van der Waals surface area (Å²) in [6.07, 6.45) is 3.86. The molecule has 0 bridgehead atoms. The largest absolute Gasteiger partial charge is 0.385 e. The molecule has 1 atom stereocenters. The number of aromatic nitrogens is 2. The van der Waals surface area contributed by atoms with E-state index in [2.05, 4.69) is 9.71 Å². The predicted molar refractivity (Wildman–Crippen MR) is 140 cm³/mol. The van der Waals surface area contributed by atoms with Crippen molar-refractivity contribution in [2.45, 2.75) is 36.3 Å². The first-order valence-electron chi connectivity index (χ1n) is 11.5. The molecule has 5 rings (SSSR count). The lowest BCUT2D eigenvalue weighted by atomic mass is 9.84. The number of aliphatic hydroxyl groups is 1. The van der Waals surface area contributed by atoms with Gasteiger partial charge >= 0.3 is 0 Å². The highest BCUT2D eigenvalue weighted by Gasteiger charge is 2.37. The number of amides is 1. The Hall–Kier alpha value is -3.28. The van der Waals surface area contributed by atoms with Gasteiger partial charge < -0.3 is 14.6 Å². The Bertz CT molecular complexity index is 1500. The number of nitrogens with zero attached hydrogens (tertiary/aromatic N) is 3. The predicted octanol–water partition coefficient (Wildman–Crippen LogP) is 4.60. The van der Waals surface area contributed by atoms with Gasteiger partial charge in [0, 0.05) is 39.1 Å². The molecule has 2 N–H and O–H groups in total. The normalized spacial score (nSPS) is 16.7. The average molecular weight is 533 g/mol. The Morgan fingerprint density at radius 2 is 1.92 bits per heavy atom. The molecule has 3 heterocycles. The van der Waals surface area contributed by atoms with E-state index >= 15 is 0 Å². The summed E-state index contributed by atoms with van der Waals surface area (Å²) >= 11 is 1.18. The molecule has 36 heavy (non-hydrogen) atoms. The lowest BCUT2D eigenvalue weighted by Crippen LogP contribution is -2.47. The maximum absolute atomic E-state index is 14.1. The number of carbonyl (C=O) groups excluding carboxylic acids is 1. The molecule has 0 radical (unpaired) electrons. The van der Waals surface area contributed by atoms with Crippen LogP contribution >= 0.6 is 11.3 Å². The van der Waals surface area contributed by atoms with Crippen LogP contribution < -0.4 is 4.72 Å². The van der Waals surface area contributed by atoms with Gasteiger partial charge in [0.2, 0.25) is 5.91 Å². The summed E-state index contributed by atoms with van der Waals surface area (Å²) in [5.74, 6) is -0.430. The highest BCUT2D eigenvalue weighted by atomic mass is 32.2. The van der Waals surface area contributed by atoms with Crippen molar-refractivity contribution in [3.63, 3.8) is 0 Å². The Kier molecular flexibility index (Phi) is 6.31. The average Bonchev–Trinajstić information content (AvgIpc) is 3.54. The Morgan fingerprint density at radius 3 is 2.58 bits per heavy atom. The monoisotopic (exact) mass is 532 g/mol. The number of nitrogens with one attached hydrogen (secondary N) is 1. The van der Waals surface area contributed by atoms with Crippen molar-refractivity contribution in [2.75, 3.05) is 17.8 Å². The van der Waals surface area contributed by atoms with Gasteiger partial charge in [-0.25, -0.2) is 17.8 Å². The molecule has 1 aliphatic rings. The quantitative estimate of drug-likeness (QED) is 0.378. The van der Waals surface area contributed by atoms with Crippen molar-refractivity contribution in [3.05, 3.63) is 77.7 Å². The molecular weight excluding hydrogens is 503 g/mol. The van der Waals surface area contributed by atoms with Crippen LogP contribution in [0.25, 0.3) is 10.9 Å². The van der Waals surface area contributed by atoms with Gasteiger partial charge in [-0.2, -0.15) is 0 Å².